The largest absolute Gasteiger partial charge is 0.490 e. The van der Waals surface area contributed by atoms with Crippen molar-refractivity contribution in [3.8, 4) is 0 Å². The molecule has 1 aromatic rings. The summed E-state index contributed by atoms with van der Waals surface area (Å²) in [5, 5.41) is 19.1. The number of hydrogen-bond donors (Lipinski definition) is 4. The first-order valence-electron chi connectivity index (χ1n) is 8.67. The summed E-state index contributed by atoms with van der Waals surface area (Å²) in [5.41, 5.74) is 7.25. The standard InChI is InChI=1S/C16H22N2O3.C2HF3O2/c17-10-9-11-1-3-12(4-2-11)15(19)18-14-7-5-13(6-8-14)16(20)21;3-2(4,5)1(6)7/h1-4,13-14H,5-10,17H2,(H,18,19)(H,20,21);(H,6,7). The van der Waals surface area contributed by atoms with Gasteiger partial charge in [0.2, 0.25) is 0 Å². The van der Waals surface area contributed by atoms with Crippen molar-refractivity contribution in [2.75, 3.05) is 6.54 Å². The molecule has 0 saturated heterocycles. The van der Waals surface area contributed by atoms with Gasteiger partial charge in [-0.15, -0.1) is 0 Å². The van der Waals surface area contributed by atoms with Crippen LogP contribution >= 0.6 is 0 Å². The fourth-order valence-corrected chi connectivity index (χ4v) is 2.74. The monoisotopic (exact) mass is 404 g/mol. The van der Waals surface area contributed by atoms with Crippen molar-refractivity contribution in [1.29, 1.82) is 0 Å². The Morgan fingerprint density at radius 2 is 1.54 bits per heavy atom. The van der Waals surface area contributed by atoms with E-state index in [2.05, 4.69) is 5.32 Å². The van der Waals surface area contributed by atoms with E-state index in [1.807, 2.05) is 24.3 Å². The van der Waals surface area contributed by atoms with Gasteiger partial charge in [-0.3, -0.25) is 9.59 Å². The van der Waals surface area contributed by atoms with Gasteiger partial charge >= 0.3 is 18.1 Å². The van der Waals surface area contributed by atoms with Crippen molar-refractivity contribution in [2.45, 2.75) is 44.3 Å². The molecule has 0 unspecified atom stereocenters. The molecule has 10 heteroatoms. The molecular weight excluding hydrogens is 381 g/mol. The summed E-state index contributed by atoms with van der Waals surface area (Å²) in [7, 11) is 0. The summed E-state index contributed by atoms with van der Waals surface area (Å²) in [6.45, 7) is 0.596. The summed E-state index contributed by atoms with van der Waals surface area (Å²) in [6.07, 6.45) is -1.55. The van der Waals surface area contributed by atoms with Crippen molar-refractivity contribution in [3.05, 3.63) is 35.4 Å². The van der Waals surface area contributed by atoms with Crippen molar-refractivity contribution >= 4 is 17.8 Å². The van der Waals surface area contributed by atoms with Crippen molar-refractivity contribution < 1.29 is 37.8 Å². The van der Waals surface area contributed by atoms with Gasteiger partial charge in [0.15, 0.2) is 0 Å². The van der Waals surface area contributed by atoms with Gasteiger partial charge in [0.25, 0.3) is 5.91 Å². The molecule has 156 valence electrons. The smallest absolute Gasteiger partial charge is 0.481 e. The van der Waals surface area contributed by atoms with E-state index in [0.717, 1.165) is 24.8 Å². The van der Waals surface area contributed by atoms with E-state index >= 15 is 0 Å². The minimum absolute atomic E-state index is 0.0804. The summed E-state index contributed by atoms with van der Waals surface area (Å²) in [4.78, 5) is 31.9. The SMILES string of the molecule is NCCc1ccc(C(=O)NC2CCC(C(=O)O)CC2)cc1.O=C(O)C(F)(F)F. The number of aliphatic carboxylic acids is 2. The van der Waals surface area contributed by atoms with Crippen LogP contribution in [0.3, 0.4) is 0 Å². The third-order valence-electron chi connectivity index (χ3n) is 4.30. The number of carboxylic acids is 2. The molecule has 2 rings (SSSR count). The number of carbonyl (C=O) groups excluding carboxylic acids is 1. The lowest BCUT2D eigenvalue weighted by Crippen LogP contribution is -2.38. The molecule has 0 radical (unpaired) electrons. The van der Waals surface area contributed by atoms with Crippen LogP contribution in [0.25, 0.3) is 0 Å². The van der Waals surface area contributed by atoms with Crippen LogP contribution in [0.1, 0.15) is 41.6 Å². The zero-order valence-electron chi connectivity index (χ0n) is 15.0. The van der Waals surface area contributed by atoms with E-state index in [0.29, 0.717) is 24.9 Å². The summed E-state index contributed by atoms with van der Waals surface area (Å²) >= 11 is 0. The maximum Gasteiger partial charge on any atom is 0.490 e. The second-order valence-corrected chi connectivity index (χ2v) is 6.40. The molecule has 28 heavy (non-hydrogen) atoms. The average Bonchev–Trinajstić information content (AvgIpc) is 2.62. The zero-order valence-corrected chi connectivity index (χ0v) is 15.0. The summed E-state index contributed by atoms with van der Waals surface area (Å²) in [6, 6.07) is 7.54. The van der Waals surface area contributed by atoms with Gasteiger partial charge in [0, 0.05) is 11.6 Å². The van der Waals surface area contributed by atoms with Crippen LogP contribution in [0.4, 0.5) is 13.2 Å². The predicted molar refractivity (Wildman–Crippen MR) is 93.7 cm³/mol. The van der Waals surface area contributed by atoms with E-state index in [1.54, 1.807) is 0 Å². The van der Waals surface area contributed by atoms with Crippen LogP contribution in [0.5, 0.6) is 0 Å². The molecule has 5 N–H and O–H groups in total. The number of carbonyl (C=O) groups is 3. The summed E-state index contributed by atoms with van der Waals surface area (Å²) in [5.74, 6) is -3.83. The fourth-order valence-electron chi connectivity index (χ4n) is 2.74. The lowest BCUT2D eigenvalue weighted by molar-refractivity contribution is -0.192. The zero-order chi connectivity index (χ0) is 21.3. The first kappa shape index (κ1) is 23.4. The van der Waals surface area contributed by atoms with Crippen LogP contribution in [0.15, 0.2) is 24.3 Å². The van der Waals surface area contributed by atoms with E-state index in [4.69, 9.17) is 20.7 Å². The molecule has 0 aromatic heterocycles. The van der Waals surface area contributed by atoms with Crippen molar-refractivity contribution in [2.24, 2.45) is 11.7 Å². The third kappa shape index (κ3) is 7.95. The van der Waals surface area contributed by atoms with Crippen LogP contribution in [0, 0.1) is 5.92 Å². The molecule has 1 aliphatic rings. The second kappa shape index (κ2) is 10.6. The molecular formula is C18H23F3N2O5. The molecule has 1 fully saturated rings. The Kier molecular flexibility index (Phi) is 8.90. The highest BCUT2D eigenvalue weighted by Crippen LogP contribution is 2.24. The van der Waals surface area contributed by atoms with Gasteiger partial charge in [-0.1, -0.05) is 12.1 Å². The second-order valence-electron chi connectivity index (χ2n) is 6.40. The fraction of sp³-hybridized carbons (Fsp3) is 0.500. The topological polar surface area (TPSA) is 130 Å². The Labute approximate surface area is 159 Å². The minimum atomic E-state index is -5.08. The Hall–Kier alpha value is -2.62. The van der Waals surface area contributed by atoms with Crippen LogP contribution < -0.4 is 11.1 Å². The van der Waals surface area contributed by atoms with Gasteiger partial charge in [0.1, 0.15) is 0 Å². The highest BCUT2D eigenvalue weighted by molar-refractivity contribution is 5.94. The third-order valence-corrected chi connectivity index (χ3v) is 4.30. The molecule has 7 nitrogen and oxygen atoms in total. The number of alkyl halides is 3. The number of carboxylic acid groups (broad SMARTS) is 2. The molecule has 0 heterocycles. The Morgan fingerprint density at radius 3 is 1.93 bits per heavy atom. The van der Waals surface area contributed by atoms with E-state index < -0.39 is 18.1 Å². The number of benzene rings is 1. The Bertz CT molecular complexity index is 669. The minimum Gasteiger partial charge on any atom is -0.481 e. The number of nitrogens with one attached hydrogen (secondary N) is 1. The number of amides is 1. The maximum atomic E-state index is 12.1. The molecule has 1 saturated carbocycles. The molecule has 1 aliphatic carbocycles. The molecule has 1 amide bonds. The van der Waals surface area contributed by atoms with E-state index in [9.17, 15) is 22.8 Å². The van der Waals surface area contributed by atoms with Gasteiger partial charge in [-0.05, 0) is 56.3 Å². The number of rotatable bonds is 5. The van der Waals surface area contributed by atoms with Crippen LogP contribution in [0.2, 0.25) is 0 Å². The highest BCUT2D eigenvalue weighted by Gasteiger charge is 2.38. The van der Waals surface area contributed by atoms with E-state index in [1.165, 1.54) is 0 Å². The first-order chi connectivity index (χ1) is 13.0. The molecule has 0 atom stereocenters. The Morgan fingerprint density at radius 1 is 1.04 bits per heavy atom. The van der Waals surface area contributed by atoms with Crippen molar-refractivity contribution in [1.82, 2.24) is 5.32 Å². The molecule has 0 bridgehead atoms. The predicted octanol–water partition coefficient (Wildman–Crippen LogP) is 2.19. The molecule has 0 spiro atoms. The number of nitrogens with two attached hydrogens (primary N) is 1. The molecule has 1 aromatic carbocycles. The van der Waals surface area contributed by atoms with Gasteiger partial charge in [0.05, 0.1) is 5.92 Å². The molecule has 0 aliphatic heterocycles. The van der Waals surface area contributed by atoms with Gasteiger partial charge in [-0.2, -0.15) is 13.2 Å². The number of halogens is 3. The lowest BCUT2D eigenvalue weighted by Gasteiger charge is -2.26. The average molecular weight is 404 g/mol. The van der Waals surface area contributed by atoms with Gasteiger partial charge < -0.3 is 21.3 Å². The quantitative estimate of drug-likeness (QED) is 0.595. The van der Waals surface area contributed by atoms with Gasteiger partial charge in [-0.25, -0.2) is 4.79 Å². The Balaban J connectivity index is 0.000000480. The number of hydrogen-bond acceptors (Lipinski definition) is 4. The van der Waals surface area contributed by atoms with Crippen LogP contribution in [-0.4, -0.2) is 46.8 Å². The van der Waals surface area contributed by atoms with E-state index in [-0.39, 0.29) is 17.9 Å². The lowest BCUT2D eigenvalue weighted by atomic mass is 9.86. The first-order valence-corrected chi connectivity index (χ1v) is 8.67. The maximum absolute atomic E-state index is 12.1. The van der Waals surface area contributed by atoms with Crippen LogP contribution in [-0.2, 0) is 16.0 Å². The highest BCUT2D eigenvalue weighted by atomic mass is 19.4. The normalized spacial score (nSPS) is 19.1. The summed E-state index contributed by atoms with van der Waals surface area (Å²) < 4.78 is 31.7. The van der Waals surface area contributed by atoms with Crippen molar-refractivity contribution in [3.63, 3.8) is 0 Å².